The van der Waals surface area contributed by atoms with E-state index in [1.165, 1.54) is 7.11 Å². The molecule has 0 amide bonds. The van der Waals surface area contributed by atoms with Gasteiger partial charge in [-0.1, -0.05) is 34.1 Å². The molecule has 0 unspecified atom stereocenters. The van der Waals surface area contributed by atoms with Gasteiger partial charge in [0.25, 0.3) is 0 Å². The fourth-order valence-electron chi connectivity index (χ4n) is 1.73. The van der Waals surface area contributed by atoms with Crippen LogP contribution in [0.2, 0.25) is 0 Å². The number of carbonyl (C=O) groups is 1. The highest BCUT2D eigenvalue weighted by molar-refractivity contribution is 9.10. The molecule has 0 saturated heterocycles. The number of halogens is 1. The second kappa shape index (κ2) is 7.92. The van der Waals surface area contributed by atoms with E-state index in [0.717, 1.165) is 29.7 Å². The van der Waals surface area contributed by atoms with Gasteiger partial charge in [0, 0.05) is 24.1 Å². The van der Waals surface area contributed by atoms with E-state index in [-0.39, 0.29) is 5.97 Å². The summed E-state index contributed by atoms with van der Waals surface area (Å²) in [5, 5.41) is 0. The number of rotatable bonds is 7. The van der Waals surface area contributed by atoms with Crippen LogP contribution in [0.5, 0.6) is 0 Å². The highest BCUT2D eigenvalue weighted by Gasteiger charge is 2.10. The van der Waals surface area contributed by atoms with Crippen LogP contribution >= 0.6 is 15.9 Å². The van der Waals surface area contributed by atoms with E-state index in [2.05, 4.69) is 34.0 Å². The lowest BCUT2D eigenvalue weighted by molar-refractivity contribution is 0.0600. The van der Waals surface area contributed by atoms with Gasteiger partial charge in [-0.2, -0.15) is 0 Å². The first-order valence-corrected chi connectivity index (χ1v) is 6.72. The Morgan fingerprint density at radius 2 is 2.00 bits per heavy atom. The van der Waals surface area contributed by atoms with Crippen molar-refractivity contribution in [3.63, 3.8) is 0 Å². The highest BCUT2D eigenvalue weighted by atomic mass is 79.9. The van der Waals surface area contributed by atoms with Crippen molar-refractivity contribution in [2.45, 2.75) is 6.54 Å². The van der Waals surface area contributed by atoms with Crippen LogP contribution in [0, 0.1) is 0 Å². The third-order valence-corrected chi connectivity index (χ3v) is 3.38. The minimum Gasteiger partial charge on any atom is -0.465 e. The van der Waals surface area contributed by atoms with Crippen LogP contribution in [0.25, 0.3) is 0 Å². The van der Waals surface area contributed by atoms with Crippen LogP contribution in [-0.4, -0.2) is 31.1 Å². The Hall–Kier alpha value is -1.39. The summed E-state index contributed by atoms with van der Waals surface area (Å²) < 4.78 is 5.59. The number of methoxy groups -OCH3 is 1. The van der Waals surface area contributed by atoms with Crippen LogP contribution in [-0.2, 0) is 11.3 Å². The minimum atomic E-state index is -0.332. The fourth-order valence-corrected chi connectivity index (χ4v) is 2.23. The fraction of sp³-hybridized carbons (Fsp3) is 0.267. The predicted octanol–water partition coefficient (Wildman–Crippen LogP) is 3.41. The Kier molecular flexibility index (Phi) is 6.53. The van der Waals surface area contributed by atoms with Crippen LogP contribution < -0.4 is 0 Å². The molecule has 1 aromatic rings. The summed E-state index contributed by atoms with van der Waals surface area (Å²) in [5.74, 6) is -0.332. The molecule has 1 rings (SSSR count). The molecule has 3 nitrogen and oxygen atoms in total. The number of ether oxygens (including phenoxy) is 1. The van der Waals surface area contributed by atoms with Crippen molar-refractivity contribution in [2.75, 3.05) is 20.2 Å². The number of benzene rings is 1. The van der Waals surface area contributed by atoms with Crippen molar-refractivity contribution in [2.24, 2.45) is 0 Å². The maximum atomic E-state index is 11.4. The molecule has 0 atom stereocenters. The number of hydrogen-bond acceptors (Lipinski definition) is 3. The van der Waals surface area contributed by atoms with Crippen molar-refractivity contribution < 1.29 is 9.53 Å². The van der Waals surface area contributed by atoms with Gasteiger partial charge in [-0.25, -0.2) is 4.79 Å². The first-order chi connectivity index (χ1) is 9.12. The molecule has 0 fully saturated rings. The molecule has 1 aromatic carbocycles. The molecular formula is C15H18BrNO2. The zero-order valence-electron chi connectivity index (χ0n) is 11.1. The van der Waals surface area contributed by atoms with Gasteiger partial charge in [0.05, 0.1) is 12.7 Å². The molecule has 0 N–H and O–H groups in total. The maximum Gasteiger partial charge on any atom is 0.337 e. The third kappa shape index (κ3) is 4.65. The lowest BCUT2D eigenvalue weighted by Crippen LogP contribution is -2.23. The lowest BCUT2D eigenvalue weighted by atomic mass is 10.1. The van der Waals surface area contributed by atoms with Gasteiger partial charge in [-0.05, 0) is 17.7 Å². The van der Waals surface area contributed by atoms with Gasteiger partial charge in [0.15, 0.2) is 0 Å². The van der Waals surface area contributed by atoms with Gasteiger partial charge >= 0.3 is 5.97 Å². The van der Waals surface area contributed by atoms with Crippen LogP contribution in [0.3, 0.4) is 0 Å². The molecule has 0 aliphatic heterocycles. The Morgan fingerprint density at radius 3 is 2.47 bits per heavy atom. The number of esters is 1. The van der Waals surface area contributed by atoms with Gasteiger partial charge in [-0.15, -0.1) is 13.2 Å². The highest BCUT2D eigenvalue weighted by Crippen LogP contribution is 2.21. The normalized spacial score (nSPS) is 10.3. The molecule has 19 heavy (non-hydrogen) atoms. The molecule has 0 aliphatic carbocycles. The molecule has 0 aromatic heterocycles. The lowest BCUT2D eigenvalue weighted by Gasteiger charge is -2.19. The Bertz CT molecular complexity index is 461. The molecule has 0 bridgehead atoms. The van der Waals surface area contributed by atoms with Crippen molar-refractivity contribution in [1.82, 2.24) is 4.90 Å². The summed E-state index contributed by atoms with van der Waals surface area (Å²) in [6.45, 7) is 9.83. The first kappa shape index (κ1) is 15.7. The van der Waals surface area contributed by atoms with Crippen molar-refractivity contribution in [3.8, 4) is 0 Å². The predicted molar refractivity (Wildman–Crippen MR) is 81.2 cm³/mol. The van der Waals surface area contributed by atoms with E-state index in [0.29, 0.717) is 5.56 Å². The third-order valence-electron chi connectivity index (χ3n) is 2.64. The summed E-state index contributed by atoms with van der Waals surface area (Å²) in [7, 11) is 1.38. The molecule has 102 valence electrons. The monoisotopic (exact) mass is 323 g/mol. The minimum absolute atomic E-state index is 0.332. The van der Waals surface area contributed by atoms with E-state index >= 15 is 0 Å². The molecule has 4 heteroatoms. The first-order valence-electron chi connectivity index (χ1n) is 5.93. The van der Waals surface area contributed by atoms with Crippen molar-refractivity contribution in [3.05, 3.63) is 59.1 Å². The summed E-state index contributed by atoms with van der Waals surface area (Å²) >= 11 is 3.49. The van der Waals surface area contributed by atoms with Crippen LogP contribution in [0.1, 0.15) is 15.9 Å². The van der Waals surface area contributed by atoms with E-state index < -0.39 is 0 Å². The Morgan fingerprint density at radius 1 is 1.37 bits per heavy atom. The Balaban J connectivity index is 2.86. The van der Waals surface area contributed by atoms with Crippen LogP contribution in [0.15, 0.2) is 48.0 Å². The van der Waals surface area contributed by atoms with Gasteiger partial charge in [0.1, 0.15) is 0 Å². The van der Waals surface area contributed by atoms with Crippen molar-refractivity contribution >= 4 is 21.9 Å². The SMILES string of the molecule is C=CCN(CC=C)Cc1ccc(C(=O)OC)cc1Br. The van der Waals surface area contributed by atoms with E-state index in [1.807, 2.05) is 18.2 Å². The summed E-state index contributed by atoms with van der Waals surface area (Å²) in [6.07, 6.45) is 3.72. The zero-order chi connectivity index (χ0) is 14.3. The number of nitrogens with zero attached hydrogens (tertiary/aromatic N) is 1. The van der Waals surface area contributed by atoms with E-state index in [9.17, 15) is 4.79 Å². The molecule has 0 aliphatic rings. The second-order valence-electron chi connectivity index (χ2n) is 4.07. The molecule has 0 spiro atoms. The molecule has 0 heterocycles. The standard InChI is InChI=1S/C15H18BrNO2/c1-4-8-17(9-5-2)11-13-7-6-12(10-14(13)16)15(18)19-3/h4-7,10H,1-2,8-9,11H2,3H3. The molecular weight excluding hydrogens is 306 g/mol. The summed E-state index contributed by atoms with van der Waals surface area (Å²) in [5.41, 5.74) is 1.65. The number of hydrogen-bond donors (Lipinski definition) is 0. The van der Waals surface area contributed by atoms with Crippen LogP contribution in [0.4, 0.5) is 0 Å². The van der Waals surface area contributed by atoms with Gasteiger partial charge in [-0.3, -0.25) is 4.90 Å². The number of carbonyl (C=O) groups excluding carboxylic acids is 1. The second-order valence-corrected chi connectivity index (χ2v) is 4.92. The summed E-state index contributed by atoms with van der Waals surface area (Å²) in [4.78, 5) is 13.6. The quantitative estimate of drug-likeness (QED) is 0.569. The molecule has 0 saturated carbocycles. The Labute approximate surface area is 122 Å². The average Bonchev–Trinajstić information content (AvgIpc) is 2.40. The maximum absolute atomic E-state index is 11.4. The average molecular weight is 324 g/mol. The van der Waals surface area contributed by atoms with Gasteiger partial charge < -0.3 is 4.74 Å². The van der Waals surface area contributed by atoms with E-state index in [1.54, 1.807) is 12.1 Å². The summed E-state index contributed by atoms with van der Waals surface area (Å²) in [6, 6.07) is 5.47. The smallest absolute Gasteiger partial charge is 0.337 e. The van der Waals surface area contributed by atoms with Gasteiger partial charge in [0.2, 0.25) is 0 Å². The topological polar surface area (TPSA) is 29.5 Å². The largest absolute Gasteiger partial charge is 0.465 e. The van der Waals surface area contributed by atoms with E-state index in [4.69, 9.17) is 4.74 Å². The zero-order valence-corrected chi connectivity index (χ0v) is 12.6. The molecule has 0 radical (unpaired) electrons. The van der Waals surface area contributed by atoms with Crippen molar-refractivity contribution in [1.29, 1.82) is 0 Å².